The number of hydrogen-bond donors (Lipinski definition) is 3. The average molecular weight is 427 g/mol. The Morgan fingerprint density at radius 1 is 1.09 bits per heavy atom. The van der Waals surface area contributed by atoms with Gasteiger partial charge >= 0.3 is 5.96 Å². The Balaban J connectivity index is 1.56. The van der Waals surface area contributed by atoms with Gasteiger partial charge in [-0.15, -0.1) is 0 Å². The smallest absolute Gasteiger partial charge is 0.299 e. The molecule has 3 aromatic rings. The van der Waals surface area contributed by atoms with Crippen molar-refractivity contribution in [1.29, 1.82) is 0 Å². The van der Waals surface area contributed by atoms with Gasteiger partial charge in [0.25, 0.3) is 5.95 Å². The lowest BCUT2D eigenvalue weighted by Crippen LogP contribution is -2.84. The van der Waals surface area contributed by atoms with Crippen molar-refractivity contribution in [2.45, 2.75) is 40.2 Å². The molecule has 32 heavy (non-hydrogen) atoms. The van der Waals surface area contributed by atoms with Crippen LogP contribution in [0.4, 0.5) is 5.95 Å². The molecular weight excluding hydrogens is 398 g/mol. The summed E-state index contributed by atoms with van der Waals surface area (Å²) in [6.45, 7) is 8.24. The number of fused-ring (bicyclic) bond motifs is 2. The molecule has 0 amide bonds. The van der Waals surface area contributed by atoms with Crippen molar-refractivity contribution in [2.75, 3.05) is 5.32 Å². The fourth-order valence-corrected chi connectivity index (χ4v) is 4.76. The number of nitrogens with one attached hydrogen (secondary N) is 3. The number of aryl methyl sites for hydroxylation is 2. The zero-order valence-electron chi connectivity index (χ0n) is 18.9. The lowest BCUT2D eigenvalue weighted by atomic mass is 9.72. The third-order valence-electron chi connectivity index (χ3n) is 6.20. The zero-order valence-corrected chi connectivity index (χ0v) is 18.9. The van der Waals surface area contributed by atoms with E-state index in [1.165, 1.54) is 0 Å². The Morgan fingerprint density at radius 2 is 1.88 bits per heavy atom. The third-order valence-corrected chi connectivity index (χ3v) is 6.20. The molecule has 5 rings (SSSR count). The topological polar surface area (TPSA) is 80.9 Å². The molecule has 0 bridgehead atoms. The second-order valence-electron chi connectivity index (χ2n) is 9.52. The minimum absolute atomic E-state index is 0.168. The van der Waals surface area contributed by atoms with Crippen molar-refractivity contribution in [3.8, 4) is 0 Å². The van der Waals surface area contributed by atoms with Gasteiger partial charge in [0.15, 0.2) is 0 Å². The van der Waals surface area contributed by atoms with Crippen molar-refractivity contribution < 1.29 is 9.79 Å². The number of nitrogens with zero attached hydrogens (tertiary/aromatic N) is 2. The predicted octanol–water partition coefficient (Wildman–Crippen LogP) is 2.94. The van der Waals surface area contributed by atoms with Crippen LogP contribution in [-0.2, 0) is 4.79 Å². The van der Waals surface area contributed by atoms with E-state index >= 15 is 0 Å². The van der Waals surface area contributed by atoms with E-state index in [0.717, 1.165) is 33.4 Å². The minimum Gasteiger partial charge on any atom is -0.299 e. The van der Waals surface area contributed by atoms with Gasteiger partial charge in [-0.25, -0.2) is 15.6 Å². The second-order valence-corrected chi connectivity index (χ2v) is 9.52. The molecule has 0 fully saturated rings. The Labute approximate surface area is 187 Å². The van der Waals surface area contributed by atoms with Crippen LogP contribution in [0.1, 0.15) is 43.1 Å². The largest absolute Gasteiger partial charge is 0.356 e. The summed E-state index contributed by atoms with van der Waals surface area (Å²) >= 11 is 0. The molecule has 0 spiro atoms. The van der Waals surface area contributed by atoms with E-state index in [1.807, 2.05) is 25.1 Å². The lowest BCUT2D eigenvalue weighted by Gasteiger charge is -2.36. The number of carbonyl (C=O) groups is 1. The first-order valence-corrected chi connectivity index (χ1v) is 11.0. The summed E-state index contributed by atoms with van der Waals surface area (Å²) in [6, 6.07) is 16.1. The Morgan fingerprint density at radius 3 is 2.66 bits per heavy atom. The van der Waals surface area contributed by atoms with E-state index in [2.05, 4.69) is 77.8 Å². The summed E-state index contributed by atoms with van der Waals surface area (Å²) in [6.07, 6.45) is 2.72. The van der Waals surface area contributed by atoms with Gasteiger partial charge in [0.1, 0.15) is 17.7 Å². The van der Waals surface area contributed by atoms with Gasteiger partial charge in [-0.05, 0) is 42.5 Å². The molecule has 0 radical (unpaired) electrons. The first-order chi connectivity index (χ1) is 15.3. The van der Waals surface area contributed by atoms with Gasteiger partial charge in [0.05, 0.1) is 16.9 Å². The number of hydrogen-bond acceptors (Lipinski definition) is 5. The SMILES string of the molecule is Cc1ccc2c(C)nc(NC3=[NH+][C@@H](c4ccccc4)[C@@H]4C(=O)CC(C)(C)C=C4N3)nc2c1. The fourth-order valence-electron chi connectivity index (χ4n) is 4.76. The lowest BCUT2D eigenvalue weighted by molar-refractivity contribution is -0.522. The molecule has 2 atom stereocenters. The highest BCUT2D eigenvalue weighted by Gasteiger charge is 2.45. The van der Waals surface area contributed by atoms with Crippen LogP contribution in [0.25, 0.3) is 10.9 Å². The molecule has 162 valence electrons. The number of allylic oxidation sites excluding steroid dienone is 1. The molecule has 3 N–H and O–H groups in total. The van der Waals surface area contributed by atoms with Crippen molar-refractivity contribution in [2.24, 2.45) is 11.3 Å². The Hall–Kier alpha value is -3.54. The Bertz CT molecular complexity index is 1280. The van der Waals surface area contributed by atoms with Crippen LogP contribution in [0.5, 0.6) is 0 Å². The maximum Gasteiger partial charge on any atom is 0.356 e. The molecule has 1 aromatic heterocycles. The number of ketones is 1. The van der Waals surface area contributed by atoms with Gasteiger partial charge in [-0.1, -0.05) is 56.3 Å². The third kappa shape index (κ3) is 3.77. The van der Waals surface area contributed by atoms with Crippen molar-refractivity contribution in [3.05, 3.63) is 77.1 Å². The van der Waals surface area contributed by atoms with Crippen LogP contribution in [-0.4, -0.2) is 21.7 Å². The molecule has 0 saturated carbocycles. The number of Topliss-reactive ketones (excluding diaryl/α,β-unsaturated/α-hetero) is 1. The van der Waals surface area contributed by atoms with E-state index in [4.69, 9.17) is 4.98 Å². The van der Waals surface area contributed by atoms with E-state index in [-0.39, 0.29) is 23.2 Å². The number of anilines is 1. The average Bonchev–Trinajstić information content (AvgIpc) is 2.72. The van der Waals surface area contributed by atoms with E-state index in [0.29, 0.717) is 18.3 Å². The monoisotopic (exact) mass is 426 g/mol. The standard InChI is InChI=1S/C26H27N5O/c1-15-10-11-18-16(2)27-24(28-19(18)12-15)31-25-29-20-13-26(3,4)14-21(32)22(20)23(30-25)17-8-6-5-7-9-17/h5-13,22-23H,14H2,1-4H3,(H2,27,28,29,30,31)/p+1/t22-,23-/m0/s1. The normalized spacial score (nSPS) is 21.9. The van der Waals surface area contributed by atoms with Crippen LogP contribution in [0.2, 0.25) is 0 Å². The van der Waals surface area contributed by atoms with Crippen molar-refractivity contribution in [3.63, 3.8) is 0 Å². The van der Waals surface area contributed by atoms with Crippen LogP contribution < -0.4 is 15.6 Å². The zero-order chi connectivity index (χ0) is 22.5. The summed E-state index contributed by atoms with van der Waals surface area (Å²) in [5.74, 6) is 1.19. The summed E-state index contributed by atoms with van der Waals surface area (Å²) < 4.78 is 0. The first kappa shape index (κ1) is 20.4. The highest BCUT2D eigenvalue weighted by atomic mass is 16.1. The number of carbonyl (C=O) groups excluding carboxylic acids is 1. The molecule has 0 unspecified atom stereocenters. The molecule has 2 heterocycles. The number of aromatic nitrogens is 2. The molecule has 1 aliphatic carbocycles. The van der Waals surface area contributed by atoms with Gasteiger partial charge < -0.3 is 0 Å². The molecule has 2 aromatic carbocycles. The number of guanidine groups is 1. The fraction of sp³-hybridized carbons (Fsp3) is 0.308. The van der Waals surface area contributed by atoms with Gasteiger partial charge in [-0.2, -0.15) is 4.98 Å². The highest BCUT2D eigenvalue weighted by molar-refractivity contribution is 5.94. The van der Waals surface area contributed by atoms with Crippen LogP contribution in [0.3, 0.4) is 0 Å². The van der Waals surface area contributed by atoms with Crippen LogP contribution in [0.15, 0.2) is 60.3 Å². The molecule has 2 aliphatic rings. The summed E-state index contributed by atoms with van der Waals surface area (Å²) in [5.41, 5.74) is 4.79. The van der Waals surface area contributed by atoms with E-state index in [9.17, 15) is 4.79 Å². The molecule has 0 saturated heterocycles. The second kappa shape index (κ2) is 7.55. The quantitative estimate of drug-likeness (QED) is 0.587. The molecule has 6 nitrogen and oxygen atoms in total. The molecule has 6 heteroatoms. The minimum atomic E-state index is -0.252. The molecule has 1 aliphatic heterocycles. The van der Waals surface area contributed by atoms with Crippen molar-refractivity contribution in [1.82, 2.24) is 15.3 Å². The number of benzene rings is 2. The maximum absolute atomic E-state index is 13.1. The summed E-state index contributed by atoms with van der Waals surface area (Å²) in [5, 5.41) is 7.79. The molecular formula is C26H28N5O+. The van der Waals surface area contributed by atoms with Crippen LogP contribution >= 0.6 is 0 Å². The summed E-state index contributed by atoms with van der Waals surface area (Å²) in [7, 11) is 0. The van der Waals surface area contributed by atoms with Gasteiger partial charge in [0, 0.05) is 11.8 Å². The van der Waals surface area contributed by atoms with Crippen LogP contribution in [0, 0.1) is 25.2 Å². The maximum atomic E-state index is 13.1. The first-order valence-electron chi connectivity index (χ1n) is 11.0. The van der Waals surface area contributed by atoms with Crippen molar-refractivity contribution >= 4 is 28.6 Å². The number of rotatable bonds is 2. The van der Waals surface area contributed by atoms with Gasteiger partial charge in [0.2, 0.25) is 0 Å². The van der Waals surface area contributed by atoms with E-state index < -0.39 is 0 Å². The Kier molecular flexibility index (Phi) is 4.81. The summed E-state index contributed by atoms with van der Waals surface area (Å²) in [4.78, 5) is 26.0. The van der Waals surface area contributed by atoms with Gasteiger partial charge in [-0.3, -0.25) is 9.79 Å². The highest BCUT2D eigenvalue weighted by Crippen LogP contribution is 2.38. The van der Waals surface area contributed by atoms with E-state index in [1.54, 1.807) is 0 Å². The predicted molar refractivity (Wildman–Crippen MR) is 126 cm³/mol.